The maximum atomic E-state index is 9.44. The number of nitriles is 1. The average Bonchev–Trinajstić information content (AvgIpc) is 3.00. The number of hydrogen-bond donors (Lipinski definition) is 0. The zero-order valence-corrected chi connectivity index (χ0v) is 20.6. The van der Waals surface area contributed by atoms with E-state index in [1.165, 1.54) is 43.8 Å². The van der Waals surface area contributed by atoms with Gasteiger partial charge in [0.1, 0.15) is 0 Å². The summed E-state index contributed by atoms with van der Waals surface area (Å²) in [6, 6.07) is 46.9. The van der Waals surface area contributed by atoms with Crippen LogP contribution in [-0.4, -0.2) is 4.98 Å². The molecule has 6 aromatic carbocycles. The molecule has 0 unspecified atom stereocenters. The fourth-order valence-corrected chi connectivity index (χ4v) is 5.72. The van der Waals surface area contributed by atoms with Crippen LogP contribution in [0.1, 0.15) is 5.56 Å². The minimum atomic E-state index is 0.608. The smallest absolute Gasteiger partial charge is 0.0992 e. The third-order valence-corrected chi connectivity index (χ3v) is 7.35. The summed E-state index contributed by atoms with van der Waals surface area (Å²) in [6.45, 7) is 0. The molecule has 0 fully saturated rings. The second-order valence-corrected chi connectivity index (χ2v) is 9.46. The third kappa shape index (κ3) is 3.45. The van der Waals surface area contributed by atoms with Gasteiger partial charge in [-0.3, -0.25) is 4.98 Å². The van der Waals surface area contributed by atoms with E-state index in [4.69, 9.17) is 0 Å². The predicted octanol–water partition coefficient (Wildman–Crippen LogP) is 9.41. The fraction of sp³-hybridized carbons (Fsp3) is 0. The van der Waals surface area contributed by atoms with E-state index in [1.807, 2.05) is 6.07 Å². The van der Waals surface area contributed by atoms with Crippen LogP contribution in [0, 0.1) is 11.3 Å². The van der Waals surface area contributed by atoms with Crippen molar-refractivity contribution in [3.8, 4) is 39.6 Å². The number of nitrogens with zero attached hydrogens (tertiary/aromatic N) is 2. The molecule has 2 heteroatoms. The zero-order valence-electron chi connectivity index (χ0n) is 20.6. The quantitative estimate of drug-likeness (QED) is 0.235. The van der Waals surface area contributed by atoms with Gasteiger partial charge in [-0.15, -0.1) is 0 Å². The minimum Gasteiger partial charge on any atom is -0.256 e. The van der Waals surface area contributed by atoms with E-state index in [9.17, 15) is 5.26 Å². The molecule has 0 spiro atoms. The lowest BCUT2D eigenvalue weighted by Gasteiger charge is -2.19. The Balaban J connectivity index is 1.60. The summed E-state index contributed by atoms with van der Waals surface area (Å²) >= 11 is 0. The van der Waals surface area contributed by atoms with Crippen molar-refractivity contribution in [2.75, 3.05) is 0 Å². The number of aromatic nitrogens is 1. The van der Waals surface area contributed by atoms with Gasteiger partial charge >= 0.3 is 0 Å². The van der Waals surface area contributed by atoms with E-state index in [-0.39, 0.29) is 0 Å². The molecule has 7 aromatic rings. The molecule has 0 aliphatic rings. The van der Waals surface area contributed by atoms with Crippen LogP contribution in [0.15, 0.2) is 134 Å². The topological polar surface area (TPSA) is 36.7 Å². The Bertz CT molecular complexity index is 1970. The molecule has 7 rings (SSSR count). The average molecular weight is 483 g/mol. The number of rotatable bonds is 3. The van der Waals surface area contributed by atoms with Gasteiger partial charge in [-0.25, -0.2) is 0 Å². The Morgan fingerprint density at radius 1 is 0.474 bits per heavy atom. The van der Waals surface area contributed by atoms with Crippen molar-refractivity contribution in [2.24, 2.45) is 0 Å². The summed E-state index contributed by atoms with van der Waals surface area (Å²) in [7, 11) is 0. The molecule has 0 bridgehead atoms. The highest BCUT2D eigenvalue weighted by Crippen LogP contribution is 2.46. The molecular weight excluding hydrogens is 460 g/mol. The molecule has 0 amide bonds. The first kappa shape index (κ1) is 22.0. The summed E-state index contributed by atoms with van der Waals surface area (Å²) in [5.74, 6) is 0. The summed E-state index contributed by atoms with van der Waals surface area (Å²) < 4.78 is 0. The molecule has 0 saturated carbocycles. The van der Waals surface area contributed by atoms with Crippen LogP contribution in [0.25, 0.3) is 65.8 Å². The van der Waals surface area contributed by atoms with Crippen LogP contribution in [0.5, 0.6) is 0 Å². The van der Waals surface area contributed by atoms with Crippen molar-refractivity contribution in [1.82, 2.24) is 4.98 Å². The number of hydrogen-bond acceptors (Lipinski definition) is 2. The van der Waals surface area contributed by atoms with Gasteiger partial charge in [-0.1, -0.05) is 115 Å². The lowest BCUT2D eigenvalue weighted by molar-refractivity contribution is 1.31. The highest BCUT2D eigenvalue weighted by Gasteiger charge is 2.18. The van der Waals surface area contributed by atoms with Crippen molar-refractivity contribution in [1.29, 1.82) is 5.26 Å². The lowest BCUT2D eigenvalue weighted by Crippen LogP contribution is -1.93. The van der Waals surface area contributed by atoms with Gasteiger partial charge in [-0.05, 0) is 66.7 Å². The van der Waals surface area contributed by atoms with Crippen LogP contribution in [0.4, 0.5) is 0 Å². The van der Waals surface area contributed by atoms with Crippen LogP contribution in [0.3, 0.4) is 0 Å². The van der Waals surface area contributed by atoms with E-state index in [2.05, 4.69) is 126 Å². The van der Waals surface area contributed by atoms with Gasteiger partial charge in [0.05, 0.1) is 17.3 Å². The molecule has 1 aromatic heterocycles. The Hall–Kier alpha value is -5.26. The fourth-order valence-electron chi connectivity index (χ4n) is 5.72. The van der Waals surface area contributed by atoms with Crippen LogP contribution < -0.4 is 0 Å². The first-order chi connectivity index (χ1) is 18.8. The van der Waals surface area contributed by atoms with E-state index >= 15 is 0 Å². The summed E-state index contributed by atoms with van der Waals surface area (Å²) in [5.41, 5.74) is 7.34. The molecule has 1 heterocycles. The lowest BCUT2D eigenvalue weighted by atomic mass is 9.84. The Morgan fingerprint density at radius 3 is 1.58 bits per heavy atom. The van der Waals surface area contributed by atoms with Crippen molar-refractivity contribution in [2.45, 2.75) is 0 Å². The van der Waals surface area contributed by atoms with Gasteiger partial charge < -0.3 is 0 Å². The van der Waals surface area contributed by atoms with Gasteiger partial charge in [0, 0.05) is 11.8 Å². The van der Waals surface area contributed by atoms with Crippen molar-refractivity contribution in [3.63, 3.8) is 0 Å². The van der Waals surface area contributed by atoms with Crippen molar-refractivity contribution < 1.29 is 0 Å². The molecule has 0 radical (unpaired) electrons. The van der Waals surface area contributed by atoms with Crippen molar-refractivity contribution >= 4 is 32.3 Å². The number of fused-ring (bicyclic) bond motifs is 3. The number of benzene rings is 6. The SMILES string of the molecule is N#Cc1ccnc(-c2ccc(-c3c4ccccc4c(-c4ccccc4)c4ccccc34)c3ccccc23)c1. The van der Waals surface area contributed by atoms with Crippen LogP contribution >= 0.6 is 0 Å². The number of pyridine rings is 1. The van der Waals surface area contributed by atoms with Crippen LogP contribution in [0.2, 0.25) is 0 Å². The maximum absolute atomic E-state index is 9.44. The first-order valence-corrected chi connectivity index (χ1v) is 12.7. The highest BCUT2D eigenvalue weighted by molar-refractivity contribution is 6.24. The van der Waals surface area contributed by atoms with Crippen molar-refractivity contribution in [3.05, 3.63) is 139 Å². The Morgan fingerprint density at radius 2 is 0.974 bits per heavy atom. The van der Waals surface area contributed by atoms with Gasteiger partial charge in [0.25, 0.3) is 0 Å². The standard InChI is InChI=1S/C36H22N2/c37-23-24-20-21-38-34(22-24)28-18-19-33(27-13-5-4-12-26(27)28)36-31-16-8-6-14-29(31)35(25-10-2-1-3-11-25)30-15-7-9-17-32(30)36/h1-22H. The van der Waals surface area contributed by atoms with Gasteiger partial charge in [-0.2, -0.15) is 5.26 Å². The van der Waals surface area contributed by atoms with Crippen LogP contribution in [-0.2, 0) is 0 Å². The second-order valence-electron chi connectivity index (χ2n) is 9.46. The largest absolute Gasteiger partial charge is 0.256 e. The Labute approximate surface area is 221 Å². The zero-order chi connectivity index (χ0) is 25.5. The van der Waals surface area contributed by atoms with E-state index in [0.29, 0.717) is 5.56 Å². The minimum absolute atomic E-state index is 0.608. The predicted molar refractivity (Wildman–Crippen MR) is 158 cm³/mol. The molecule has 0 aliphatic heterocycles. The van der Waals surface area contributed by atoms with E-state index in [1.54, 1.807) is 12.3 Å². The monoisotopic (exact) mass is 482 g/mol. The highest BCUT2D eigenvalue weighted by atomic mass is 14.7. The Kier molecular flexibility index (Phi) is 5.20. The third-order valence-electron chi connectivity index (χ3n) is 7.35. The van der Waals surface area contributed by atoms with E-state index in [0.717, 1.165) is 22.0 Å². The van der Waals surface area contributed by atoms with Gasteiger partial charge in [0.2, 0.25) is 0 Å². The molecule has 176 valence electrons. The molecule has 0 aliphatic carbocycles. The molecule has 0 N–H and O–H groups in total. The van der Waals surface area contributed by atoms with Gasteiger partial charge in [0.15, 0.2) is 0 Å². The molecule has 2 nitrogen and oxygen atoms in total. The maximum Gasteiger partial charge on any atom is 0.0992 e. The molecular formula is C36H22N2. The summed E-state index contributed by atoms with van der Waals surface area (Å²) in [6.07, 6.45) is 1.71. The summed E-state index contributed by atoms with van der Waals surface area (Å²) in [5, 5.41) is 16.7. The molecule has 0 saturated heterocycles. The first-order valence-electron chi connectivity index (χ1n) is 12.7. The summed E-state index contributed by atoms with van der Waals surface area (Å²) in [4.78, 5) is 4.60. The molecule has 0 atom stereocenters. The molecule has 38 heavy (non-hydrogen) atoms. The van der Waals surface area contributed by atoms with E-state index < -0.39 is 0 Å². The second kappa shape index (κ2) is 9.00. The normalized spacial score (nSPS) is 11.1.